The van der Waals surface area contributed by atoms with Crippen molar-refractivity contribution < 1.29 is 9.15 Å². The molecule has 27 heavy (non-hydrogen) atoms. The average Bonchev–Trinajstić information content (AvgIpc) is 3.14. The van der Waals surface area contributed by atoms with Gasteiger partial charge in [-0.1, -0.05) is 23.9 Å². The highest BCUT2D eigenvalue weighted by molar-refractivity contribution is 7.98. The number of nitrogens with zero attached hydrogens (tertiary/aromatic N) is 4. The molecule has 0 fully saturated rings. The lowest BCUT2D eigenvalue weighted by molar-refractivity contribution is 0.414. The van der Waals surface area contributed by atoms with Gasteiger partial charge in [0.05, 0.1) is 12.8 Å². The topological polar surface area (TPSA) is 83.0 Å². The number of hydrogen-bond acceptors (Lipinski definition) is 7. The Hall–Kier alpha value is -3.13. The first-order chi connectivity index (χ1) is 13.1. The standard InChI is InChI=1S/C19H16N4O3S/c1-12-4-3-5-14(8-12)23-19(20-21-22-23)27-11-13-9-18(24)26-17-10-15(25-2)6-7-16(13)17/h3-10H,11H2,1-2H3. The predicted molar refractivity (Wildman–Crippen MR) is 102 cm³/mol. The van der Waals surface area contributed by atoms with Crippen LogP contribution >= 0.6 is 11.8 Å². The fourth-order valence-corrected chi connectivity index (χ4v) is 3.67. The number of aryl methyl sites for hydroxylation is 1. The van der Waals surface area contributed by atoms with E-state index >= 15 is 0 Å². The van der Waals surface area contributed by atoms with Gasteiger partial charge in [0.2, 0.25) is 5.16 Å². The molecule has 7 nitrogen and oxygen atoms in total. The molecule has 0 bridgehead atoms. The van der Waals surface area contributed by atoms with E-state index in [4.69, 9.17) is 9.15 Å². The van der Waals surface area contributed by atoms with Crippen molar-refractivity contribution in [1.29, 1.82) is 0 Å². The van der Waals surface area contributed by atoms with Gasteiger partial charge >= 0.3 is 5.63 Å². The lowest BCUT2D eigenvalue weighted by Crippen LogP contribution is -2.02. The highest BCUT2D eigenvalue weighted by Crippen LogP contribution is 2.28. The maximum atomic E-state index is 11.9. The Morgan fingerprint density at radius 3 is 2.89 bits per heavy atom. The van der Waals surface area contributed by atoms with Crippen LogP contribution in [0.4, 0.5) is 0 Å². The fourth-order valence-electron chi connectivity index (χ4n) is 2.79. The van der Waals surface area contributed by atoms with Crippen LogP contribution in [0, 0.1) is 6.92 Å². The summed E-state index contributed by atoms with van der Waals surface area (Å²) in [6.45, 7) is 2.02. The Balaban J connectivity index is 1.65. The van der Waals surface area contributed by atoms with E-state index in [1.165, 1.54) is 17.8 Å². The highest BCUT2D eigenvalue weighted by atomic mass is 32.2. The molecule has 0 aliphatic rings. The molecule has 0 spiro atoms. The van der Waals surface area contributed by atoms with Crippen LogP contribution in [0.2, 0.25) is 0 Å². The number of ether oxygens (including phenoxy) is 1. The van der Waals surface area contributed by atoms with Crippen LogP contribution < -0.4 is 10.4 Å². The molecule has 2 heterocycles. The Kier molecular flexibility index (Phi) is 4.64. The van der Waals surface area contributed by atoms with Gasteiger partial charge in [0, 0.05) is 23.3 Å². The van der Waals surface area contributed by atoms with Crippen LogP contribution in [0.3, 0.4) is 0 Å². The molecule has 0 aliphatic carbocycles. The van der Waals surface area contributed by atoms with Crippen molar-refractivity contribution in [3.63, 3.8) is 0 Å². The number of thioether (sulfide) groups is 1. The third-order valence-corrected chi connectivity index (χ3v) is 5.05. The van der Waals surface area contributed by atoms with Gasteiger partial charge in [0.25, 0.3) is 0 Å². The number of methoxy groups -OCH3 is 1. The van der Waals surface area contributed by atoms with Gasteiger partial charge in [0.1, 0.15) is 11.3 Å². The molecule has 2 aromatic heterocycles. The molecule has 8 heteroatoms. The summed E-state index contributed by atoms with van der Waals surface area (Å²) in [4.78, 5) is 11.9. The maximum Gasteiger partial charge on any atom is 0.336 e. The zero-order chi connectivity index (χ0) is 18.8. The number of fused-ring (bicyclic) bond motifs is 1. The van der Waals surface area contributed by atoms with Crippen LogP contribution in [-0.4, -0.2) is 27.3 Å². The first-order valence-electron chi connectivity index (χ1n) is 8.23. The fraction of sp³-hybridized carbons (Fsp3) is 0.158. The van der Waals surface area contributed by atoms with Crippen molar-refractivity contribution in [2.75, 3.05) is 7.11 Å². The van der Waals surface area contributed by atoms with Crippen LogP contribution in [0.1, 0.15) is 11.1 Å². The predicted octanol–water partition coefficient (Wildman–Crippen LogP) is 3.38. The average molecular weight is 380 g/mol. The van der Waals surface area contributed by atoms with Gasteiger partial charge < -0.3 is 9.15 Å². The minimum atomic E-state index is -0.398. The van der Waals surface area contributed by atoms with Gasteiger partial charge in [-0.15, -0.1) is 5.10 Å². The van der Waals surface area contributed by atoms with E-state index in [0.717, 1.165) is 22.2 Å². The van der Waals surface area contributed by atoms with Crippen molar-refractivity contribution >= 4 is 22.7 Å². The normalized spacial score (nSPS) is 11.0. The molecule has 0 saturated carbocycles. The Morgan fingerprint density at radius 1 is 1.19 bits per heavy atom. The number of aromatic nitrogens is 4. The van der Waals surface area contributed by atoms with Crippen molar-refractivity contribution in [3.8, 4) is 11.4 Å². The van der Waals surface area contributed by atoms with Gasteiger partial charge in [-0.3, -0.25) is 0 Å². The summed E-state index contributed by atoms with van der Waals surface area (Å²) in [5, 5.41) is 13.5. The summed E-state index contributed by atoms with van der Waals surface area (Å²) < 4.78 is 12.2. The smallest absolute Gasteiger partial charge is 0.336 e. The van der Waals surface area contributed by atoms with Crippen molar-refractivity contribution in [3.05, 3.63) is 70.1 Å². The number of rotatable bonds is 5. The number of hydrogen-bond donors (Lipinski definition) is 0. The van der Waals surface area contributed by atoms with Gasteiger partial charge in [-0.2, -0.15) is 4.68 Å². The molecule has 4 aromatic rings. The highest BCUT2D eigenvalue weighted by Gasteiger charge is 2.12. The van der Waals surface area contributed by atoms with Crippen LogP contribution in [0.15, 0.2) is 62.9 Å². The monoisotopic (exact) mass is 380 g/mol. The summed E-state index contributed by atoms with van der Waals surface area (Å²) >= 11 is 1.46. The van der Waals surface area contributed by atoms with Crippen LogP contribution in [-0.2, 0) is 5.75 Å². The zero-order valence-electron chi connectivity index (χ0n) is 14.7. The zero-order valence-corrected chi connectivity index (χ0v) is 15.6. The van der Waals surface area contributed by atoms with Crippen molar-refractivity contribution in [2.24, 2.45) is 0 Å². The second kappa shape index (κ2) is 7.24. The maximum absolute atomic E-state index is 11.9. The molecule has 0 atom stereocenters. The third kappa shape index (κ3) is 3.56. The summed E-state index contributed by atoms with van der Waals surface area (Å²) in [6, 6.07) is 14.9. The molecule has 136 valence electrons. The van der Waals surface area contributed by atoms with E-state index in [1.807, 2.05) is 43.3 Å². The summed E-state index contributed by atoms with van der Waals surface area (Å²) in [5.41, 5.74) is 2.97. The van der Waals surface area contributed by atoms with Gasteiger partial charge in [0.15, 0.2) is 0 Å². The first-order valence-corrected chi connectivity index (χ1v) is 9.21. The lowest BCUT2D eigenvalue weighted by Gasteiger charge is -2.07. The lowest BCUT2D eigenvalue weighted by atomic mass is 10.1. The van der Waals surface area contributed by atoms with E-state index in [0.29, 0.717) is 22.2 Å². The van der Waals surface area contributed by atoms with Gasteiger partial charge in [-0.05, 0) is 52.7 Å². The first kappa shape index (κ1) is 17.3. The summed E-state index contributed by atoms with van der Waals surface area (Å²) in [5.74, 6) is 1.17. The SMILES string of the molecule is COc1ccc2c(CSc3nnnn3-c3cccc(C)c3)cc(=O)oc2c1. The van der Waals surface area contributed by atoms with E-state index in [1.54, 1.807) is 17.9 Å². The minimum Gasteiger partial charge on any atom is -0.497 e. The molecule has 2 aromatic carbocycles. The van der Waals surface area contributed by atoms with Crippen LogP contribution in [0.5, 0.6) is 5.75 Å². The molecule has 0 N–H and O–H groups in total. The largest absolute Gasteiger partial charge is 0.497 e. The second-order valence-electron chi connectivity index (χ2n) is 5.95. The molecule has 4 rings (SSSR count). The molecule has 0 unspecified atom stereocenters. The minimum absolute atomic E-state index is 0.398. The van der Waals surface area contributed by atoms with Crippen LogP contribution in [0.25, 0.3) is 16.7 Å². The number of benzene rings is 2. The Labute approximate surface area is 159 Å². The van der Waals surface area contributed by atoms with Gasteiger partial charge in [-0.25, -0.2) is 4.79 Å². The molecule has 0 amide bonds. The third-order valence-electron chi connectivity index (χ3n) is 4.08. The molecule has 0 radical (unpaired) electrons. The van der Waals surface area contributed by atoms with E-state index in [-0.39, 0.29) is 0 Å². The van der Waals surface area contributed by atoms with Crippen molar-refractivity contribution in [2.45, 2.75) is 17.8 Å². The molecule has 0 aliphatic heterocycles. The Bertz CT molecular complexity index is 1170. The number of tetrazole rings is 1. The van der Waals surface area contributed by atoms with E-state index < -0.39 is 5.63 Å². The van der Waals surface area contributed by atoms with Crippen molar-refractivity contribution in [1.82, 2.24) is 20.2 Å². The Morgan fingerprint density at radius 2 is 2.07 bits per heavy atom. The molecular weight excluding hydrogens is 364 g/mol. The van der Waals surface area contributed by atoms with E-state index in [2.05, 4.69) is 15.5 Å². The second-order valence-corrected chi connectivity index (χ2v) is 6.90. The summed E-state index contributed by atoms with van der Waals surface area (Å²) in [6.07, 6.45) is 0. The summed E-state index contributed by atoms with van der Waals surface area (Å²) in [7, 11) is 1.57. The quantitative estimate of drug-likeness (QED) is 0.388. The van der Waals surface area contributed by atoms with E-state index in [9.17, 15) is 4.79 Å². The molecule has 0 saturated heterocycles. The molecular formula is C19H16N4O3S.